The van der Waals surface area contributed by atoms with Gasteiger partial charge in [0.2, 0.25) is 0 Å². The van der Waals surface area contributed by atoms with Crippen molar-refractivity contribution in [2.75, 3.05) is 13.1 Å². The summed E-state index contributed by atoms with van der Waals surface area (Å²) in [7, 11) is 0. The molecule has 2 rings (SSSR count). The van der Waals surface area contributed by atoms with Crippen molar-refractivity contribution in [1.82, 2.24) is 4.90 Å². The molecule has 1 aromatic carbocycles. The normalized spacial score (nSPS) is 16.5. The van der Waals surface area contributed by atoms with Gasteiger partial charge >= 0.3 is 6.09 Å². The van der Waals surface area contributed by atoms with E-state index < -0.39 is 5.60 Å². The zero-order valence-electron chi connectivity index (χ0n) is 13.1. The first-order chi connectivity index (χ1) is 10.2. The minimum absolute atomic E-state index is 0.103. The van der Waals surface area contributed by atoms with Crippen LogP contribution < -0.4 is 4.74 Å². The zero-order valence-corrected chi connectivity index (χ0v) is 15.4. The summed E-state index contributed by atoms with van der Waals surface area (Å²) in [5, 5.41) is 0.659. The van der Waals surface area contributed by atoms with Crippen molar-refractivity contribution in [2.45, 2.75) is 45.3 Å². The van der Waals surface area contributed by atoms with Crippen LogP contribution in [-0.4, -0.2) is 35.8 Å². The number of nitrogens with zero attached hydrogens (tertiary/aromatic N) is 1. The van der Waals surface area contributed by atoms with E-state index in [0.29, 0.717) is 18.1 Å². The molecule has 0 radical (unpaired) electrons. The lowest BCUT2D eigenvalue weighted by atomic mass is 10.1. The Labute approximate surface area is 144 Å². The Morgan fingerprint density at radius 2 is 1.95 bits per heavy atom. The van der Waals surface area contributed by atoms with Gasteiger partial charge in [0, 0.05) is 30.4 Å². The Morgan fingerprint density at radius 1 is 1.32 bits per heavy atom. The third-order valence-corrected chi connectivity index (χ3v) is 4.50. The Morgan fingerprint density at radius 3 is 2.50 bits per heavy atom. The Balaban J connectivity index is 1.84. The lowest BCUT2D eigenvalue weighted by molar-refractivity contribution is 0.0126. The number of benzene rings is 1. The number of piperidine rings is 1. The number of rotatable bonds is 2. The largest absolute Gasteiger partial charge is 0.490 e. The number of carbonyl (C=O) groups excluding carboxylic acids is 1. The van der Waals surface area contributed by atoms with Crippen LogP contribution in [0, 0.1) is 0 Å². The molecule has 1 aliphatic rings. The SMILES string of the molecule is CC(C)(C)OC(=O)N1CCC(Oc2ccc(Cl)c(Br)c2)CC1. The second-order valence-corrected chi connectivity index (χ2v) is 7.62. The molecule has 1 saturated heterocycles. The zero-order chi connectivity index (χ0) is 16.3. The fraction of sp³-hybridized carbons (Fsp3) is 0.562. The fourth-order valence-electron chi connectivity index (χ4n) is 2.23. The van der Waals surface area contributed by atoms with Crippen LogP contribution in [0.15, 0.2) is 22.7 Å². The molecule has 0 N–H and O–H groups in total. The Hall–Kier alpha value is -0.940. The van der Waals surface area contributed by atoms with Crippen LogP contribution >= 0.6 is 27.5 Å². The van der Waals surface area contributed by atoms with Crippen molar-refractivity contribution in [2.24, 2.45) is 0 Å². The van der Waals surface area contributed by atoms with Crippen molar-refractivity contribution in [3.8, 4) is 5.75 Å². The highest BCUT2D eigenvalue weighted by Gasteiger charge is 2.27. The van der Waals surface area contributed by atoms with Crippen molar-refractivity contribution in [3.05, 3.63) is 27.7 Å². The predicted molar refractivity (Wildman–Crippen MR) is 90.6 cm³/mol. The van der Waals surface area contributed by atoms with Gasteiger partial charge in [-0.15, -0.1) is 0 Å². The molecule has 1 aliphatic heterocycles. The summed E-state index contributed by atoms with van der Waals surface area (Å²) in [6, 6.07) is 5.52. The van der Waals surface area contributed by atoms with E-state index >= 15 is 0 Å². The lowest BCUT2D eigenvalue weighted by Crippen LogP contribution is -2.44. The quantitative estimate of drug-likeness (QED) is 0.722. The van der Waals surface area contributed by atoms with E-state index in [2.05, 4.69) is 15.9 Å². The summed E-state index contributed by atoms with van der Waals surface area (Å²) in [5.41, 5.74) is -0.458. The smallest absolute Gasteiger partial charge is 0.410 e. The standard InChI is InChI=1S/C16H21BrClNO3/c1-16(2,3)22-15(20)19-8-6-11(7-9-19)21-12-4-5-14(18)13(17)10-12/h4-5,10-11H,6-9H2,1-3H3. The third kappa shape index (κ3) is 5.06. The average Bonchev–Trinajstić information content (AvgIpc) is 2.42. The van der Waals surface area contributed by atoms with Gasteiger partial charge in [0.15, 0.2) is 0 Å². The van der Waals surface area contributed by atoms with Crippen LogP contribution in [0.25, 0.3) is 0 Å². The highest BCUT2D eigenvalue weighted by atomic mass is 79.9. The molecule has 0 aliphatic carbocycles. The first-order valence-electron chi connectivity index (χ1n) is 7.34. The molecule has 1 aromatic rings. The number of carbonyl (C=O) groups is 1. The molecule has 122 valence electrons. The van der Waals surface area contributed by atoms with Gasteiger partial charge in [0.05, 0.1) is 5.02 Å². The second-order valence-electron chi connectivity index (χ2n) is 6.36. The maximum atomic E-state index is 12.0. The maximum Gasteiger partial charge on any atom is 0.410 e. The highest BCUT2D eigenvalue weighted by molar-refractivity contribution is 9.10. The monoisotopic (exact) mass is 389 g/mol. The van der Waals surface area contributed by atoms with Crippen LogP contribution in [-0.2, 0) is 4.74 Å². The van der Waals surface area contributed by atoms with Crippen molar-refractivity contribution < 1.29 is 14.3 Å². The van der Waals surface area contributed by atoms with E-state index in [1.807, 2.05) is 32.9 Å². The molecular weight excluding hydrogens is 370 g/mol. The predicted octanol–water partition coefficient (Wildman–Crippen LogP) is 4.88. The summed E-state index contributed by atoms with van der Waals surface area (Å²) >= 11 is 9.36. The van der Waals surface area contributed by atoms with Crippen LogP contribution in [0.1, 0.15) is 33.6 Å². The van der Waals surface area contributed by atoms with Gasteiger partial charge in [-0.25, -0.2) is 4.79 Å². The minimum Gasteiger partial charge on any atom is -0.490 e. The van der Waals surface area contributed by atoms with E-state index in [4.69, 9.17) is 21.1 Å². The summed E-state index contributed by atoms with van der Waals surface area (Å²) in [6.07, 6.45) is 1.44. The van der Waals surface area contributed by atoms with E-state index in [1.54, 1.807) is 11.0 Å². The molecule has 0 unspecified atom stereocenters. The van der Waals surface area contributed by atoms with Crippen LogP contribution in [0.3, 0.4) is 0 Å². The van der Waals surface area contributed by atoms with Crippen molar-refractivity contribution in [3.63, 3.8) is 0 Å². The molecule has 4 nitrogen and oxygen atoms in total. The molecular formula is C16H21BrClNO3. The highest BCUT2D eigenvalue weighted by Crippen LogP contribution is 2.28. The van der Waals surface area contributed by atoms with E-state index in [0.717, 1.165) is 23.1 Å². The molecule has 0 spiro atoms. The Bertz CT molecular complexity index is 537. The van der Waals surface area contributed by atoms with E-state index in [9.17, 15) is 4.79 Å². The van der Waals surface area contributed by atoms with Gasteiger partial charge in [-0.2, -0.15) is 0 Å². The number of amides is 1. The molecule has 22 heavy (non-hydrogen) atoms. The number of likely N-dealkylation sites (tertiary alicyclic amines) is 1. The lowest BCUT2D eigenvalue weighted by Gasteiger charge is -2.33. The van der Waals surface area contributed by atoms with Gasteiger partial charge in [-0.3, -0.25) is 0 Å². The van der Waals surface area contributed by atoms with Gasteiger partial charge in [-0.1, -0.05) is 11.6 Å². The topological polar surface area (TPSA) is 38.8 Å². The van der Waals surface area contributed by atoms with Crippen LogP contribution in [0.4, 0.5) is 4.79 Å². The first-order valence-corrected chi connectivity index (χ1v) is 8.51. The maximum absolute atomic E-state index is 12.0. The summed E-state index contributed by atoms with van der Waals surface area (Å²) < 4.78 is 12.2. The van der Waals surface area contributed by atoms with Gasteiger partial charge in [-0.05, 0) is 54.9 Å². The molecule has 0 atom stereocenters. The van der Waals surface area contributed by atoms with Gasteiger partial charge in [0.25, 0.3) is 0 Å². The molecule has 0 aromatic heterocycles. The number of ether oxygens (including phenoxy) is 2. The third-order valence-electron chi connectivity index (χ3n) is 3.29. The number of halogens is 2. The van der Waals surface area contributed by atoms with E-state index in [-0.39, 0.29) is 12.2 Å². The fourth-order valence-corrected chi connectivity index (χ4v) is 2.70. The van der Waals surface area contributed by atoms with Gasteiger partial charge in [0.1, 0.15) is 17.5 Å². The second kappa shape index (κ2) is 7.09. The van der Waals surface area contributed by atoms with Crippen LogP contribution in [0.5, 0.6) is 5.75 Å². The number of hydrogen-bond acceptors (Lipinski definition) is 3. The van der Waals surface area contributed by atoms with Gasteiger partial charge < -0.3 is 14.4 Å². The molecule has 0 bridgehead atoms. The summed E-state index contributed by atoms with van der Waals surface area (Å²) in [6.45, 7) is 6.92. The van der Waals surface area contributed by atoms with Crippen molar-refractivity contribution in [1.29, 1.82) is 0 Å². The molecule has 6 heteroatoms. The van der Waals surface area contributed by atoms with E-state index in [1.165, 1.54) is 0 Å². The molecule has 0 saturated carbocycles. The van der Waals surface area contributed by atoms with Crippen LogP contribution in [0.2, 0.25) is 5.02 Å². The summed E-state index contributed by atoms with van der Waals surface area (Å²) in [5.74, 6) is 0.784. The number of hydrogen-bond donors (Lipinski definition) is 0. The molecule has 1 amide bonds. The first kappa shape index (κ1) is 17.4. The molecule has 1 fully saturated rings. The summed E-state index contributed by atoms with van der Waals surface area (Å²) in [4.78, 5) is 13.7. The average molecular weight is 391 g/mol. The van der Waals surface area contributed by atoms with Crippen molar-refractivity contribution >= 4 is 33.6 Å². The Kier molecular flexibility index (Phi) is 5.61. The molecule has 1 heterocycles. The minimum atomic E-state index is -0.458.